The molecular weight excluding hydrogens is 212 g/mol. The second kappa shape index (κ2) is 4.83. The number of ether oxygens (including phenoxy) is 1. The van der Waals surface area contributed by atoms with Crippen molar-refractivity contribution in [3.8, 4) is 0 Å². The number of aromatic nitrogens is 1. The van der Waals surface area contributed by atoms with Gasteiger partial charge in [0.15, 0.2) is 0 Å². The van der Waals surface area contributed by atoms with Crippen molar-refractivity contribution in [3.05, 3.63) is 23.5 Å². The van der Waals surface area contributed by atoms with Crippen LogP contribution in [0, 0.1) is 5.41 Å². The maximum atomic E-state index is 6.25. The lowest BCUT2D eigenvalue weighted by molar-refractivity contribution is 0.137. The summed E-state index contributed by atoms with van der Waals surface area (Å²) >= 11 is 0. The summed E-state index contributed by atoms with van der Waals surface area (Å²) in [5, 5.41) is 0. The smallest absolute Gasteiger partial charge is 0.0645 e. The van der Waals surface area contributed by atoms with Crippen molar-refractivity contribution >= 4 is 0 Å². The first-order valence-electron chi connectivity index (χ1n) is 6.55. The molecule has 1 aromatic heterocycles. The minimum Gasteiger partial charge on any atom is -0.380 e. The van der Waals surface area contributed by atoms with Gasteiger partial charge < -0.3 is 15.0 Å². The topological polar surface area (TPSA) is 40.2 Å². The van der Waals surface area contributed by atoms with Gasteiger partial charge in [0.25, 0.3) is 0 Å². The number of hydrogen-bond acceptors (Lipinski definition) is 2. The highest BCUT2D eigenvalue weighted by Crippen LogP contribution is 2.39. The third-order valence-corrected chi connectivity index (χ3v) is 3.61. The van der Waals surface area contributed by atoms with Gasteiger partial charge in [-0.25, -0.2) is 0 Å². The van der Waals surface area contributed by atoms with E-state index in [1.54, 1.807) is 0 Å². The summed E-state index contributed by atoms with van der Waals surface area (Å²) in [6.07, 6.45) is 4.36. The molecule has 0 aromatic carbocycles. The Hall–Kier alpha value is -0.800. The molecule has 0 saturated heterocycles. The molecule has 0 fully saturated rings. The van der Waals surface area contributed by atoms with Crippen molar-refractivity contribution in [3.63, 3.8) is 0 Å². The molecule has 0 saturated carbocycles. The molecule has 1 atom stereocenters. The maximum absolute atomic E-state index is 6.25. The predicted molar refractivity (Wildman–Crippen MR) is 70.0 cm³/mol. The number of nitrogens with zero attached hydrogens (tertiary/aromatic N) is 1. The molecule has 0 spiro atoms. The van der Waals surface area contributed by atoms with Gasteiger partial charge in [-0.1, -0.05) is 13.8 Å². The van der Waals surface area contributed by atoms with Crippen LogP contribution in [0.5, 0.6) is 0 Å². The van der Waals surface area contributed by atoms with E-state index in [2.05, 4.69) is 30.7 Å². The summed E-state index contributed by atoms with van der Waals surface area (Å²) in [5.41, 5.74) is 9.30. The van der Waals surface area contributed by atoms with E-state index in [9.17, 15) is 0 Å². The third kappa shape index (κ3) is 2.72. The summed E-state index contributed by atoms with van der Waals surface area (Å²) in [6, 6.07) is 2.38. The van der Waals surface area contributed by atoms with Gasteiger partial charge in [0.1, 0.15) is 0 Å². The highest BCUT2D eigenvalue weighted by Gasteiger charge is 2.32. The van der Waals surface area contributed by atoms with E-state index in [0.29, 0.717) is 5.41 Å². The zero-order valence-corrected chi connectivity index (χ0v) is 11.2. The molecule has 2 rings (SSSR count). The van der Waals surface area contributed by atoms with Crippen LogP contribution in [0.4, 0.5) is 0 Å². The van der Waals surface area contributed by atoms with Gasteiger partial charge in [-0.15, -0.1) is 0 Å². The molecule has 1 heterocycles. The van der Waals surface area contributed by atoms with Gasteiger partial charge in [-0.3, -0.25) is 0 Å². The van der Waals surface area contributed by atoms with Crippen LogP contribution in [-0.2, 0) is 17.7 Å². The Morgan fingerprint density at radius 3 is 3.00 bits per heavy atom. The lowest BCUT2D eigenvalue weighted by Gasteiger charge is -2.34. The third-order valence-electron chi connectivity index (χ3n) is 3.61. The number of nitrogens with two attached hydrogens (primary N) is 1. The van der Waals surface area contributed by atoms with Crippen molar-refractivity contribution in [2.24, 2.45) is 11.1 Å². The molecule has 2 N–H and O–H groups in total. The van der Waals surface area contributed by atoms with Crippen molar-refractivity contribution < 1.29 is 4.74 Å². The minimum atomic E-state index is 0.196. The first-order chi connectivity index (χ1) is 8.03. The highest BCUT2D eigenvalue weighted by molar-refractivity contribution is 5.30. The number of fused-ring (bicyclic) bond motifs is 1. The van der Waals surface area contributed by atoms with Crippen LogP contribution in [-0.4, -0.2) is 17.8 Å². The average Bonchev–Trinajstić information content (AvgIpc) is 2.60. The maximum Gasteiger partial charge on any atom is 0.0645 e. The van der Waals surface area contributed by atoms with Crippen molar-refractivity contribution in [2.45, 2.75) is 46.2 Å². The summed E-state index contributed by atoms with van der Waals surface area (Å²) < 4.78 is 7.74. The zero-order chi connectivity index (χ0) is 12.5. The molecule has 0 bridgehead atoms. The van der Waals surface area contributed by atoms with Gasteiger partial charge in [0.2, 0.25) is 0 Å². The lowest BCUT2D eigenvalue weighted by Crippen LogP contribution is -2.30. The fourth-order valence-corrected chi connectivity index (χ4v) is 2.81. The Morgan fingerprint density at radius 1 is 1.53 bits per heavy atom. The monoisotopic (exact) mass is 236 g/mol. The van der Waals surface area contributed by atoms with E-state index in [-0.39, 0.29) is 6.04 Å². The van der Waals surface area contributed by atoms with Crippen molar-refractivity contribution in [2.75, 3.05) is 13.2 Å². The predicted octanol–water partition coefficient (Wildman–Crippen LogP) is 2.50. The van der Waals surface area contributed by atoms with Crippen LogP contribution in [0.2, 0.25) is 0 Å². The standard InChI is InChI=1S/C14H24N2O/c1-4-17-8-7-16-6-5-11-12(15)9-14(2,3)10-13(11)16/h5-6,12H,4,7-10,15H2,1-3H3. The van der Waals surface area contributed by atoms with Gasteiger partial charge in [-0.05, 0) is 36.8 Å². The van der Waals surface area contributed by atoms with Gasteiger partial charge >= 0.3 is 0 Å². The van der Waals surface area contributed by atoms with E-state index in [0.717, 1.165) is 32.6 Å². The molecule has 1 unspecified atom stereocenters. The molecule has 96 valence electrons. The van der Waals surface area contributed by atoms with E-state index in [4.69, 9.17) is 10.5 Å². The normalized spacial score (nSPS) is 22.5. The molecule has 17 heavy (non-hydrogen) atoms. The van der Waals surface area contributed by atoms with Crippen LogP contribution in [0.25, 0.3) is 0 Å². The summed E-state index contributed by atoms with van der Waals surface area (Å²) in [6.45, 7) is 9.14. The van der Waals surface area contributed by atoms with Crippen LogP contribution < -0.4 is 5.73 Å². The molecule has 0 aliphatic heterocycles. The second-order valence-electron chi connectivity index (χ2n) is 5.76. The largest absolute Gasteiger partial charge is 0.380 e. The molecule has 3 nitrogen and oxygen atoms in total. The quantitative estimate of drug-likeness (QED) is 0.816. The minimum absolute atomic E-state index is 0.196. The molecule has 1 aromatic rings. The zero-order valence-electron chi connectivity index (χ0n) is 11.2. The van der Waals surface area contributed by atoms with Gasteiger partial charge in [0, 0.05) is 31.1 Å². The van der Waals surface area contributed by atoms with Crippen LogP contribution in [0.3, 0.4) is 0 Å². The number of hydrogen-bond donors (Lipinski definition) is 1. The van der Waals surface area contributed by atoms with Crippen molar-refractivity contribution in [1.29, 1.82) is 0 Å². The van der Waals surface area contributed by atoms with E-state index >= 15 is 0 Å². The summed E-state index contributed by atoms with van der Waals surface area (Å²) in [4.78, 5) is 0. The number of rotatable bonds is 4. The Balaban J connectivity index is 2.16. The SMILES string of the molecule is CCOCCn1ccc2c1CC(C)(C)CC2N. The van der Waals surface area contributed by atoms with E-state index in [1.807, 2.05) is 6.92 Å². The lowest BCUT2D eigenvalue weighted by atomic mass is 9.74. The first-order valence-corrected chi connectivity index (χ1v) is 6.55. The molecule has 0 radical (unpaired) electrons. The second-order valence-corrected chi connectivity index (χ2v) is 5.76. The highest BCUT2D eigenvalue weighted by atomic mass is 16.5. The van der Waals surface area contributed by atoms with Gasteiger partial charge in [0.05, 0.1) is 6.61 Å². The van der Waals surface area contributed by atoms with Gasteiger partial charge in [-0.2, -0.15) is 0 Å². The molecule has 3 heteroatoms. The van der Waals surface area contributed by atoms with Crippen LogP contribution in [0.15, 0.2) is 12.3 Å². The van der Waals surface area contributed by atoms with E-state index < -0.39 is 0 Å². The Morgan fingerprint density at radius 2 is 2.29 bits per heavy atom. The average molecular weight is 236 g/mol. The Kier molecular flexibility index (Phi) is 3.59. The fraction of sp³-hybridized carbons (Fsp3) is 0.714. The molecular formula is C14H24N2O. The summed E-state index contributed by atoms with van der Waals surface area (Å²) in [7, 11) is 0. The fourth-order valence-electron chi connectivity index (χ4n) is 2.81. The van der Waals surface area contributed by atoms with E-state index in [1.165, 1.54) is 11.3 Å². The van der Waals surface area contributed by atoms with Crippen LogP contribution in [0.1, 0.15) is 44.5 Å². The Bertz CT molecular complexity index is 382. The molecule has 0 amide bonds. The molecule has 1 aliphatic rings. The first kappa shape index (κ1) is 12.7. The van der Waals surface area contributed by atoms with Crippen molar-refractivity contribution in [1.82, 2.24) is 4.57 Å². The Labute approximate surface area is 104 Å². The summed E-state index contributed by atoms with van der Waals surface area (Å²) in [5.74, 6) is 0. The van der Waals surface area contributed by atoms with Crippen LogP contribution >= 0.6 is 0 Å². The molecule has 1 aliphatic carbocycles.